The Balaban J connectivity index is 1.59. The molecule has 0 radical (unpaired) electrons. The molecule has 2 aromatic heterocycles. The number of amides is 1. The van der Waals surface area contributed by atoms with Gasteiger partial charge in [-0.2, -0.15) is 0 Å². The first-order valence-electron chi connectivity index (χ1n) is 12.8. The van der Waals surface area contributed by atoms with Crippen LogP contribution in [0.4, 0.5) is 0 Å². The molecule has 2 rings (SSSR count). The molecule has 2 aromatic rings. The molecule has 35 heavy (non-hydrogen) atoms. The van der Waals surface area contributed by atoms with Crippen LogP contribution in [0.1, 0.15) is 78.1 Å². The van der Waals surface area contributed by atoms with E-state index in [0.29, 0.717) is 36.7 Å². The van der Waals surface area contributed by atoms with Crippen LogP contribution >= 0.6 is 0 Å². The van der Waals surface area contributed by atoms with Crippen LogP contribution in [-0.4, -0.2) is 44.4 Å². The molecule has 0 bridgehead atoms. The summed E-state index contributed by atoms with van der Waals surface area (Å²) >= 11 is 0. The molecule has 198 valence electrons. The Morgan fingerprint density at radius 1 is 1.03 bits per heavy atom. The van der Waals surface area contributed by atoms with Crippen LogP contribution in [0.25, 0.3) is 11.2 Å². The lowest BCUT2D eigenvalue weighted by molar-refractivity contribution is -0.276. The number of aromatic nitrogens is 4. The molecule has 0 aliphatic carbocycles. The van der Waals surface area contributed by atoms with Crippen molar-refractivity contribution in [2.75, 3.05) is 13.7 Å². The number of fused-ring (bicyclic) bond motifs is 1. The van der Waals surface area contributed by atoms with Crippen LogP contribution in [0.15, 0.2) is 15.9 Å². The zero-order valence-corrected chi connectivity index (χ0v) is 22.0. The van der Waals surface area contributed by atoms with Crippen LogP contribution in [0, 0.1) is 5.92 Å². The number of hydrogen-bond acceptors (Lipinski definition) is 6. The van der Waals surface area contributed by atoms with Crippen molar-refractivity contribution in [3.05, 3.63) is 27.2 Å². The average molecular weight is 494 g/mol. The predicted molar refractivity (Wildman–Crippen MR) is 136 cm³/mol. The van der Waals surface area contributed by atoms with Gasteiger partial charge in [0.25, 0.3) is 5.56 Å². The van der Waals surface area contributed by atoms with Gasteiger partial charge in [-0.05, 0) is 25.2 Å². The fourth-order valence-corrected chi connectivity index (χ4v) is 4.40. The van der Waals surface area contributed by atoms with Gasteiger partial charge in [-0.25, -0.2) is 19.6 Å². The third-order valence-electron chi connectivity index (χ3n) is 6.24. The fourth-order valence-electron chi connectivity index (χ4n) is 4.40. The Labute approximate surface area is 207 Å². The molecule has 1 unspecified atom stereocenters. The topological polar surface area (TPSA) is 109 Å². The monoisotopic (exact) mass is 493 g/mol. The normalized spacial score (nSPS) is 12.5. The van der Waals surface area contributed by atoms with Gasteiger partial charge in [-0.3, -0.25) is 18.7 Å². The summed E-state index contributed by atoms with van der Waals surface area (Å²) in [6.07, 6.45) is 11.1. The van der Waals surface area contributed by atoms with Gasteiger partial charge in [0, 0.05) is 27.1 Å². The molecule has 0 aliphatic heterocycles. The summed E-state index contributed by atoms with van der Waals surface area (Å²) in [6, 6.07) is -0.0236. The summed E-state index contributed by atoms with van der Waals surface area (Å²) in [5.41, 5.74) is 0.298. The van der Waals surface area contributed by atoms with Gasteiger partial charge in [0.15, 0.2) is 11.2 Å². The SMILES string of the molecule is COOCC(CC(C)C)NC(=O)CCCCCCCCCCn1c(=O)c2c(ncn2C)n(C)c1=O. The maximum Gasteiger partial charge on any atom is 0.332 e. The number of imidazole rings is 1. The van der Waals surface area contributed by atoms with E-state index in [1.807, 2.05) is 0 Å². The summed E-state index contributed by atoms with van der Waals surface area (Å²) in [6.45, 7) is 5.03. The first kappa shape index (κ1) is 28.8. The lowest BCUT2D eigenvalue weighted by atomic mass is 10.0. The van der Waals surface area contributed by atoms with Crippen molar-refractivity contribution in [1.29, 1.82) is 0 Å². The molecule has 0 spiro atoms. The maximum absolute atomic E-state index is 12.7. The van der Waals surface area contributed by atoms with Gasteiger partial charge >= 0.3 is 5.69 Å². The molecular weight excluding hydrogens is 450 g/mol. The van der Waals surface area contributed by atoms with Crippen LogP contribution in [0.3, 0.4) is 0 Å². The minimum absolute atomic E-state index is 0.0236. The molecule has 0 aromatic carbocycles. The minimum atomic E-state index is -0.313. The molecule has 0 saturated heterocycles. The highest BCUT2D eigenvalue weighted by Gasteiger charge is 2.15. The summed E-state index contributed by atoms with van der Waals surface area (Å²) < 4.78 is 4.42. The number of nitrogens with one attached hydrogen (secondary N) is 1. The summed E-state index contributed by atoms with van der Waals surface area (Å²) in [7, 11) is 4.89. The second-order valence-corrected chi connectivity index (χ2v) is 9.75. The zero-order chi connectivity index (χ0) is 25.8. The second kappa shape index (κ2) is 14.8. The Morgan fingerprint density at radius 2 is 1.66 bits per heavy atom. The van der Waals surface area contributed by atoms with Crippen molar-refractivity contribution in [1.82, 2.24) is 24.0 Å². The number of hydrogen-bond donors (Lipinski definition) is 1. The van der Waals surface area contributed by atoms with Crippen LogP contribution in [0.5, 0.6) is 0 Å². The number of carbonyl (C=O) groups is 1. The number of carbonyl (C=O) groups excluding carboxylic acids is 1. The third kappa shape index (κ3) is 8.92. The summed E-state index contributed by atoms with van der Waals surface area (Å²) in [4.78, 5) is 51.2. The summed E-state index contributed by atoms with van der Waals surface area (Å²) in [5, 5.41) is 3.05. The number of unbranched alkanes of at least 4 members (excludes halogenated alkanes) is 7. The Hall–Kier alpha value is -2.46. The molecular formula is C25H43N5O5. The highest BCUT2D eigenvalue weighted by Crippen LogP contribution is 2.11. The van der Waals surface area contributed by atoms with Crippen molar-refractivity contribution in [3.8, 4) is 0 Å². The van der Waals surface area contributed by atoms with E-state index >= 15 is 0 Å². The highest BCUT2D eigenvalue weighted by molar-refractivity contribution is 5.76. The van der Waals surface area contributed by atoms with Crippen LogP contribution in [-0.2, 0) is 35.2 Å². The van der Waals surface area contributed by atoms with E-state index in [2.05, 4.69) is 29.0 Å². The Morgan fingerprint density at radius 3 is 2.29 bits per heavy atom. The van der Waals surface area contributed by atoms with Crippen LogP contribution < -0.4 is 16.6 Å². The Bertz CT molecular complexity index is 1040. The van der Waals surface area contributed by atoms with Crippen molar-refractivity contribution in [2.45, 2.75) is 90.6 Å². The van der Waals surface area contributed by atoms with Crippen molar-refractivity contribution < 1.29 is 14.6 Å². The molecule has 1 amide bonds. The van der Waals surface area contributed by atoms with Crippen molar-refractivity contribution >= 4 is 17.1 Å². The Kier molecular flexibility index (Phi) is 12.2. The van der Waals surface area contributed by atoms with E-state index in [0.717, 1.165) is 57.8 Å². The van der Waals surface area contributed by atoms with E-state index in [9.17, 15) is 14.4 Å². The van der Waals surface area contributed by atoms with Crippen molar-refractivity contribution in [3.63, 3.8) is 0 Å². The van der Waals surface area contributed by atoms with Crippen LogP contribution in [0.2, 0.25) is 0 Å². The minimum Gasteiger partial charge on any atom is -0.351 e. The molecule has 1 N–H and O–H groups in total. The van der Waals surface area contributed by atoms with Crippen molar-refractivity contribution in [2.24, 2.45) is 20.0 Å². The predicted octanol–water partition coefficient (Wildman–Crippen LogP) is 3.05. The maximum atomic E-state index is 12.7. The molecule has 0 saturated carbocycles. The van der Waals surface area contributed by atoms with E-state index in [-0.39, 0.29) is 23.2 Å². The second-order valence-electron chi connectivity index (χ2n) is 9.75. The molecule has 0 fully saturated rings. The van der Waals surface area contributed by atoms with Gasteiger partial charge in [0.1, 0.15) is 6.61 Å². The lowest BCUT2D eigenvalue weighted by Crippen LogP contribution is -2.39. The standard InChI is InChI=1S/C25H43N5O5/c1-19(2)16-20(17-35-34-5)27-21(31)14-12-10-8-6-7-9-11-13-15-30-24(32)22-23(26-18-28(22)3)29(4)25(30)33/h18-20H,6-17H2,1-5H3,(H,27,31). The number of nitrogens with zero attached hydrogens (tertiary/aromatic N) is 4. The summed E-state index contributed by atoms with van der Waals surface area (Å²) in [5.74, 6) is 0.540. The highest BCUT2D eigenvalue weighted by atomic mass is 17.2. The van der Waals surface area contributed by atoms with E-state index in [4.69, 9.17) is 4.89 Å². The van der Waals surface area contributed by atoms with Gasteiger partial charge in [0.05, 0.1) is 19.5 Å². The third-order valence-corrected chi connectivity index (χ3v) is 6.24. The fraction of sp³-hybridized carbons (Fsp3) is 0.760. The van der Waals surface area contributed by atoms with E-state index in [1.165, 1.54) is 16.2 Å². The van der Waals surface area contributed by atoms with Gasteiger partial charge in [-0.1, -0.05) is 52.4 Å². The quantitative estimate of drug-likeness (QED) is 0.206. The number of aryl methyl sites for hydroxylation is 2. The first-order valence-corrected chi connectivity index (χ1v) is 12.8. The molecule has 2 heterocycles. The lowest BCUT2D eigenvalue weighted by Gasteiger charge is -2.19. The molecule has 10 nitrogen and oxygen atoms in total. The largest absolute Gasteiger partial charge is 0.351 e. The smallest absolute Gasteiger partial charge is 0.332 e. The van der Waals surface area contributed by atoms with E-state index < -0.39 is 0 Å². The van der Waals surface area contributed by atoms with Gasteiger partial charge < -0.3 is 9.88 Å². The molecule has 0 aliphatic rings. The average Bonchev–Trinajstić information content (AvgIpc) is 3.20. The first-order chi connectivity index (χ1) is 16.8. The zero-order valence-electron chi connectivity index (χ0n) is 22.0. The van der Waals surface area contributed by atoms with Gasteiger partial charge in [0.2, 0.25) is 5.91 Å². The van der Waals surface area contributed by atoms with Gasteiger partial charge in [-0.15, -0.1) is 0 Å². The van der Waals surface area contributed by atoms with E-state index in [1.54, 1.807) is 25.0 Å². The number of rotatable bonds is 17. The molecule has 1 atom stereocenters. The molecule has 10 heteroatoms.